The van der Waals surface area contributed by atoms with Crippen molar-refractivity contribution < 1.29 is 9.53 Å². The third kappa shape index (κ3) is 8.38. The molecule has 1 saturated heterocycles. The van der Waals surface area contributed by atoms with E-state index in [4.69, 9.17) is 4.74 Å². The minimum atomic E-state index is 0.0432. The summed E-state index contributed by atoms with van der Waals surface area (Å²) in [6.07, 6.45) is 17.2. The van der Waals surface area contributed by atoms with Crippen molar-refractivity contribution in [3.8, 4) is 0 Å². The van der Waals surface area contributed by atoms with Crippen molar-refractivity contribution in [1.29, 1.82) is 0 Å². The number of esters is 1. The van der Waals surface area contributed by atoms with Crippen molar-refractivity contribution in [2.24, 2.45) is 5.92 Å². The molecular weight excluding hydrogens is 320 g/mol. The summed E-state index contributed by atoms with van der Waals surface area (Å²) in [7, 11) is 0. The van der Waals surface area contributed by atoms with Gasteiger partial charge in [0.1, 0.15) is 0 Å². The van der Waals surface area contributed by atoms with Crippen molar-refractivity contribution in [1.82, 2.24) is 0 Å². The minimum absolute atomic E-state index is 0.0432. The van der Waals surface area contributed by atoms with Gasteiger partial charge in [-0.15, -0.1) is 0 Å². The third-order valence-corrected chi connectivity index (χ3v) is 5.63. The van der Waals surface area contributed by atoms with Crippen LogP contribution in [-0.2, 0) is 22.4 Å². The van der Waals surface area contributed by atoms with Gasteiger partial charge in [-0.05, 0) is 56.1 Å². The fourth-order valence-corrected chi connectivity index (χ4v) is 3.88. The third-order valence-electron chi connectivity index (χ3n) is 5.63. The first-order valence-corrected chi connectivity index (χ1v) is 11.0. The lowest BCUT2D eigenvalue weighted by atomic mass is 9.94. The Morgan fingerprint density at radius 3 is 2.00 bits per heavy atom. The number of ether oxygens (including phenoxy) is 1. The summed E-state index contributed by atoms with van der Waals surface area (Å²) in [4.78, 5) is 11.6. The van der Waals surface area contributed by atoms with Crippen molar-refractivity contribution >= 4 is 5.97 Å². The number of carbonyl (C=O) groups is 1. The van der Waals surface area contributed by atoms with E-state index < -0.39 is 0 Å². The van der Waals surface area contributed by atoms with E-state index in [1.807, 2.05) is 0 Å². The number of hydrogen-bond acceptors (Lipinski definition) is 2. The second-order valence-electron chi connectivity index (χ2n) is 7.94. The molecular formula is C24H38O2. The molecule has 1 aromatic rings. The molecule has 0 aromatic heterocycles. The lowest BCUT2D eigenvalue weighted by Gasteiger charge is -2.20. The van der Waals surface area contributed by atoms with Crippen molar-refractivity contribution in [2.75, 3.05) is 6.61 Å². The minimum Gasteiger partial charge on any atom is -0.465 e. The molecule has 0 N–H and O–H groups in total. The topological polar surface area (TPSA) is 26.3 Å². The second-order valence-corrected chi connectivity index (χ2v) is 7.94. The van der Waals surface area contributed by atoms with Crippen LogP contribution in [0.3, 0.4) is 0 Å². The zero-order valence-electron chi connectivity index (χ0n) is 16.8. The van der Waals surface area contributed by atoms with Crippen LogP contribution in [0.15, 0.2) is 24.3 Å². The van der Waals surface area contributed by atoms with Gasteiger partial charge in [0.15, 0.2) is 0 Å². The number of rotatable bonds is 13. The van der Waals surface area contributed by atoms with Crippen molar-refractivity contribution in [3.63, 3.8) is 0 Å². The Bertz CT molecular complexity index is 491. The van der Waals surface area contributed by atoms with Crippen LogP contribution in [0.5, 0.6) is 0 Å². The summed E-state index contributed by atoms with van der Waals surface area (Å²) in [6, 6.07) is 9.28. The molecule has 1 aliphatic rings. The van der Waals surface area contributed by atoms with Crippen molar-refractivity contribution in [3.05, 3.63) is 35.4 Å². The van der Waals surface area contributed by atoms with Gasteiger partial charge < -0.3 is 4.74 Å². The monoisotopic (exact) mass is 358 g/mol. The Morgan fingerprint density at radius 2 is 1.42 bits per heavy atom. The molecule has 1 atom stereocenters. The van der Waals surface area contributed by atoms with E-state index in [0.717, 1.165) is 25.7 Å². The molecule has 1 fully saturated rings. The first kappa shape index (κ1) is 21.0. The van der Waals surface area contributed by atoms with Gasteiger partial charge in [0, 0.05) is 0 Å². The van der Waals surface area contributed by atoms with Gasteiger partial charge in [0.05, 0.1) is 12.5 Å². The molecule has 2 rings (SSSR count). The normalized spacial score (nSPS) is 17.3. The maximum Gasteiger partial charge on any atom is 0.308 e. The SMILES string of the molecule is CCCCCCCc1ccc(CCCCCCC2CCCOC2=O)cc1. The van der Waals surface area contributed by atoms with E-state index in [-0.39, 0.29) is 11.9 Å². The maximum atomic E-state index is 11.6. The highest BCUT2D eigenvalue weighted by molar-refractivity contribution is 5.72. The predicted molar refractivity (Wildman–Crippen MR) is 109 cm³/mol. The van der Waals surface area contributed by atoms with Gasteiger partial charge in [0.25, 0.3) is 0 Å². The molecule has 0 amide bonds. The summed E-state index contributed by atoms with van der Waals surface area (Å²) in [5.41, 5.74) is 2.96. The molecule has 2 nitrogen and oxygen atoms in total. The highest BCUT2D eigenvalue weighted by Crippen LogP contribution is 2.22. The largest absolute Gasteiger partial charge is 0.465 e. The Kier molecular flexibility index (Phi) is 10.5. The van der Waals surface area contributed by atoms with E-state index in [1.54, 1.807) is 0 Å². The smallest absolute Gasteiger partial charge is 0.308 e. The number of hydrogen-bond donors (Lipinski definition) is 0. The number of unbranched alkanes of at least 4 members (excludes halogenated alkanes) is 7. The Labute approximate surface area is 160 Å². The van der Waals surface area contributed by atoms with Crippen LogP contribution in [0.4, 0.5) is 0 Å². The molecule has 26 heavy (non-hydrogen) atoms. The molecule has 1 aromatic carbocycles. The van der Waals surface area contributed by atoms with Crippen molar-refractivity contribution in [2.45, 2.75) is 96.8 Å². The van der Waals surface area contributed by atoms with Gasteiger partial charge in [-0.1, -0.05) is 76.1 Å². The molecule has 0 bridgehead atoms. The van der Waals surface area contributed by atoms with Gasteiger partial charge in [0.2, 0.25) is 0 Å². The summed E-state index contributed by atoms with van der Waals surface area (Å²) < 4.78 is 5.14. The lowest BCUT2D eigenvalue weighted by Crippen LogP contribution is -2.23. The standard InChI is InChI=1S/C24H38O2/c1-2-3-4-5-8-12-21-16-18-22(19-17-21)13-9-6-7-10-14-23-15-11-20-26-24(23)25/h16-19,23H,2-15,20H2,1H3. The van der Waals surface area contributed by atoms with E-state index in [9.17, 15) is 4.79 Å². The lowest BCUT2D eigenvalue weighted by molar-refractivity contribution is -0.153. The van der Waals surface area contributed by atoms with Crippen LogP contribution in [0, 0.1) is 5.92 Å². The molecule has 0 saturated carbocycles. The van der Waals surface area contributed by atoms with Crippen LogP contribution < -0.4 is 0 Å². The average Bonchev–Trinajstić information content (AvgIpc) is 2.67. The number of cyclic esters (lactones) is 1. The summed E-state index contributed by atoms with van der Waals surface area (Å²) >= 11 is 0. The van der Waals surface area contributed by atoms with E-state index in [0.29, 0.717) is 6.61 Å². The molecule has 146 valence electrons. The zero-order chi connectivity index (χ0) is 18.5. The van der Waals surface area contributed by atoms with E-state index in [1.165, 1.54) is 75.3 Å². The summed E-state index contributed by atoms with van der Waals surface area (Å²) in [6.45, 7) is 2.90. The number of aryl methyl sites for hydroxylation is 2. The van der Waals surface area contributed by atoms with Gasteiger partial charge >= 0.3 is 5.97 Å². The molecule has 0 radical (unpaired) electrons. The van der Waals surface area contributed by atoms with Crippen LogP contribution in [0.2, 0.25) is 0 Å². The maximum absolute atomic E-state index is 11.6. The van der Waals surface area contributed by atoms with Gasteiger partial charge in [-0.25, -0.2) is 0 Å². The quantitative estimate of drug-likeness (QED) is 0.291. The summed E-state index contributed by atoms with van der Waals surface area (Å²) in [5.74, 6) is 0.222. The highest BCUT2D eigenvalue weighted by Gasteiger charge is 2.22. The number of benzene rings is 1. The zero-order valence-corrected chi connectivity index (χ0v) is 16.8. The van der Waals surface area contributed by atoms with E-state index >= 15 is 0 Å². The van der Waals surface area contributed by atoms with Crippen LogP contribution in [0.1, 0.15) is 95.1 Å². The first-order chi connectivity index (χ1) is 12.8. The number of carbonyl (C=O) groups excluding carboxylic acids is 1. The van der Waals surface area contributed by atoms with Crippen LogP contribution in [-0.4, -0.2) is 12.6 Å². The highest BCUT2D eigenvalue weighted by atomic mass is 16.5. The van der Waals surface area contributed by atoms with Crippen LogP contribution >= 0.6 is 0 Å². The Hall–Kier alpha value is -1.31. The fourth-order valence-electron chi connectivity index (χ4n) is 3.88. The van der Waals surface area contributed by atoms with E-state index in [2.05, 4.69) is 31.2 Å². The Balaban J connectivity index is 1.50. The molecule has 0 spiro atoms. The molecule has 1 aliphatic heterocycles. The molecule has 1 heterocycles. The fraction of sp³-hybridized carbons (Fsp3) is 0.708. The predicted octanol–water partition coefficient (Wildman–Crippen LogP) is 6.65. The first-order valence-electron chi connectivity index (χ1n) is 11.0. The second kappa shape index (κ2) is 12.9. The molecule has 1 unspecified atom stereocenters. The molecule has 2 heteroatoms. The van der Waals surface area contributed by atoms with Crippen LogP contribution in [0.25, 0.3) is 0 Å². The summed E-state index contributed by atoms with van der Waals surface area (Å²) in [5, 5.41) is 0. The van der Waals surface area contributed by atoms with Gasteiger partial charge in [-0.3, -0.25) is 4.79 Å². The molecule has 0 aliphatic carbocycles. The average molecular weight is 359 g/mol. The van der Waals surface area contributed by atoms with Gasteiger partial charge in [-0.2, -0.15) is 0 Å². The Morgan fingerprint density at radius 1 is 0.846 bits per heavy atom.